The van der Waals surface area contributed by atoms with Crippen molar-refractivity contribution in [2.75, 3.05) is 0 Å². The van der Waals surface area contributed by atoms with Crippen LogP contribution >= 0.6 is 0 Å². The summed E-state index contributed by atoms with van der Waals surface area (Å²) in [5.41, 5.74) is 1.72. The average Bonchev–Trinajstić information content (AvgIpc) is 2.37. The van der Waals surface area contributed by atoms with Gasteiger partial charge in [-0.15, -0.1) is 0 Å². The van der Waals surface area contributed by atoms with Gasteiger partial charge < -0.3 is 0 Å². The molecule has 91 valence electrons. The predicted molar refractivity (Wildman–Crippen MR) is 65.0 cm³/mol. The van der Waals surface area contributed by atoms with E-state index in [9.17, 15) is 13.2 Å². The number of hydrogen-bond acceptors (Lipinski definition) is 1. The highest BCUT2D eigenvalue weighted by atomic mass is 19.4. The first-order chi connectivity index (χ1) is 8.56. The second-order valence-electron chi connectivity index (χ2n) is 3.60. The summed E-state index contributed by atoms with van der Waals surface area (Å²) in [6.45, 7) is 0. The number of nitrogens with zero attached hydrogens (tertiary/aromatic N) is 1. The van der Waals surface area contributed by atoms with Gasteiger partial charge in [-0.05, 0) is 11.6 Å². The summed E-state index contributed by atoms with van der Waals surface area (Å²) in [5, 5.41) is 0. The van der Waals surface area contributed by atoms with E-state index in [1.807, 2.05) is 30.3 Å². The Hall–Kier alpha value is -2.10. The van der Waals surface area contributed by atoms with Gasteiger partial charge in [-0.1, -0.05) is 48.5 Å². The normalized spacial score (nSPS) is 11.9. The Balaban J connectivity index is 2.41. The molecule has 0 fully saturated rings. The zero-order valence-corrected chi connectivity index (χ0v) is 9.28. The SMILES string of the molecule is FC(F)(F)[C]=Nc1ccccc1-c1ccccc1. The number of aliphatic imine (C=N–C) groups is 1. The van der Waals surface area contributed by atoms with Gasteiger partial charge in [0.2, 0.25) is 0 Å². The highest BCUT2D eigenvalue weighted by Crippen LogP contribution is 2.30. The fourth-order valence-corrected chi connectivity index (χ4v) is 1.56. The quantitative estimate of drug-likeness (QED) is 0.694. The van der Waals surface area contributed by atoms with Crippen molar-refractivity contribution in [3.8, 4) is 11.1 Å². The van der Waals surface area contributed by atoms with E-state index in [0.29, 0.717) is 5.56 Å². The lowest BCUT2D eigenvalue weighted by Crippen LogP contribution is -2.07. The van der Waals surface area contributed by atoms with Crippen LogP contribution in [0.2, 0.25) is 0 Å². The van der Waals surface area contributed by atoms with Crippen molar-refractivity contribution in [3.63, 3.8) is 0 Å². The predicted octanol–water partition coefficient (Wildman–Crippen LogP) is 4.50. The highest BCUT2D eigenvalue weighted by Gasteiger charge is 2.25. The molecule has 0 N–H and O–H groups in total. The molecule has 0 spiro atoms. The molecule has 0 aromatic heterocycles. The molecule has 4 heteroatoms. The molecule has 0 unspecified atom stereocenters. The minimum absolute atomic E-state index is 0.251. The monoisotopic (exact) mass is 248 g/mol. The second-order valence-corrected chi connectivity index (χ2v) is 3.60. The van der Waals surface area contributed by atoms with E-state index in [4.69, 9.17) is 0 Å². The van der Waals surface area contributed by atoms with Crippen molar-refractivity contribution in [1.82, 2.24) is 0 Å². The van der Waals surface area contributed by atoms with E-state index in [2.05, 4.69) is 4.99 Å². The van der Waals surface area contributed by atoms with Crippen molar-refractivity contribution < 1.29 is 13.2 Å². The molecule has 2 aromatic carbocycles. The van der Waals surface area contributed by atoms with E-state index in [1.54, 1.807) is 18.2 Å². The van der Waals surface area contributed by atoms with E-state index < -0.39 is 6.18 Å². The lowest BCUT2D eigenvalue weighted by atomic mass is 10.0. The fourth-order valence-electron chi connectivity index (χ4n) is 1.56. The molecule has 2 rings (SSSR count). The lowest BCUT2D eigenvalue weighted by Gasteiger charge is -2.05. The minimum Gasteiger partial charge on any atom is -0.241 e. The van der Waals surface area contributed by atoms with Crippen LogP contribution in [0.1, 0.15) is 0 Å². The molecule has 18 heavy (non-hydrogen) atoms. The summed E-state index contributed by atoms with van der Waals surface area (Å²) < 4.78 is 36.2. The maximum atomic E-state index is 12.1. The molecule has 0 saturated heterocycles. The lowest BCUT2D eigenvalue weighted by molar-refractivity contribution is -0.0535. The van der Waals surface area contributed by atoms with Crippen molar-refractivity contribution in [1.29, 1.82) is 0 Å². The third-order valence-electron chi connectivity index (χ3n) is 2.29. The zero-order valence-electron chi connectivity index (χ0n) is 9.28. The van der Waals surface area contributed by atoms with Gasteiger partial charge in [-0.3, -0.25) is 0 Å². The van der Waals surface area contributed by atoms with E-state index in [1.165, 1.54) is 12.3 Å². The standard InChI is InChI=1S/C14H9F3N/c15-14(16,17)10-18-13-9-5-4-8-12(13)11-6-2-1-3-7-11/h1-9H. The van der Waals surface area contributed by atoms with Crippen LogP contribution in [0.15, 0.2) is 59.6 Å². The Morgan fingerprint density at radius 1 is 0.833 bits per heavy atom. The molecular formula is C14H9F3N. The van der Waals surface area contributed by atoms with Gasteiger partial charge in [0.1, 0.15) is 0 Å². The summed E-state index contributed by atoms with van der Waals surface area (Å²) in [4.78, 5) is 3.38. The van der Waals surface area contributed by atoms with Gasteiger partial charge in [-0.2, -0.15) is 13.2 Å². The molecule has 0 aliphatic heterocycles. The first kappa shape index (κ1) is 12.4. The van der Waals surface area contributed by atoms with Gasteiger partial charge in [0.25, 0.3) is 0 Å². The van der Waals surface area contributed by atoms with Crippen LogP contribution in [0.5, 0.6) is 0 Å². The first-order valence-corrected chi connectivity index (χ1v) is 5.25. The molecule has 0 atom stereocenters. The summed E-state index contributed by atoms with van der Waals surface area (Å²) in [5.74, 6) is 0. The molecule has 0 aliphatic rings. The summed E-state index contributed by atoms with van der Waals surface area (Å²) in [6.07, 6.45) is -3.35. The van der Waals surface area contributed by atoms with Crippen molar-refractivity contribution in [2.24, 2.45) is 4.99 Å². The molecule has 1 nitrogen and oxygen atoms in total. The minimum atomic E-state index is -4.52. The first-order valence-electron chi connectivity index (χ1n) is 5.25. The summed E-state index contributed by atoms with van der Waals surface area (Å²) in [6, 6.07) is 15.8. The van der Waals surface area contributed by atoms with Crippen molar-refractivity contribution >= 4 is 11.9 Å². The molecule has 0 amide bonds. The van der Waals surface area contributed by atoms with Crippen LogP contribution in [0.25, 0.3) is 11.1 Å². The summed E-state index contributed by atoms with van der Waals surface area (Å²) >= 11 is 0. The van der Waals surface area contributed by atoms with Gasteiger partial charge in [0.15, 0.2) is 6.21 Å². The smallest absolute Gasteiger partial charge is 0.241 e. The zero-order chi connectivity index (χ0) is 13.0. The molecule has 0 heterocycles. The Morgan fingerprint density at radius 3 is 2.11 bits per heavy atom. The average molecular weight is 248 g/mol. The Morgan fingerprint density at radius 2 is 1.44 bits per heavy atom. The van der Waals surface area contributed by atoms with Crippen LogP contribution < -0.4 is 0 Å². The Bertz CT molecular complexity index is 544. The Kier molecular flexibility index (Phi) is 3.46. The number of halogens is 3. The van der Waals surface area contributed by atoms with Gasteiger partial charge >= 0.3 is 6.18 Å². The second kappa shape index (κ2) is 5.04. The van der Waals surface area contributed by atoms with Crippen LogP contribution in [-0.4, -0.2) is 12.4 Å². The fraction of sp³-hybridized carbons (Fsp3) is 0.0714. The molecule has 1 radical (unpaired) electrons. The largest absolute Gasteiger partial charge is 0.435 e. The molecule has 0 saturated carbocycles. The molecule has 2 aromatic rings. The van der Waals surface area contributed by atoms with E-state index in [0.717, 1.165) is 5.56 Å². The van der Waals surface area contributed by atoms with Gasteiger partial charge in [0, 0.05) is 5.56 Å². The van der Waals surface area contributed by atoms with Crippen LogP contribution in [0.4, 0.5) is 18.9 Å². The molecule has 0 bridgehead atoms. The third-order valence-corrected chi connectivity index (χ3v) is 2.29. The number of benzene rings is 2. The number of hydrogen-bond donors (Lipinski definition) is 0. The van der Waals surface area contributed by atoms with Crippen molar-refractivity contribution in [2.45, 2.75) is 6.18 Å². The topological polar surface area (TPSA) is 12.4 Å². The van der Waals surface area contributed by atoms with Crippen LogP contribution in [0, 0.1) is 0 Å². The molecule has 0 aliphatic carbocycles. The van der Waals surface area contributed by atoms with Gasteiger partial charge in [-0.25, -0.2) is 4.99 Å². The van der Waals surface area contributed by atoms with Crippen LogP contribution in [0.3, 0.4) is 0 Å². The maximum absolute atomic E-state index is 12.1. The summed E-state index contributed by atoms with van der Waals surface area (Å²) in [7, 11) is 0. The third kappa shape index (κ3) is 3.20. The van der Waals surface area contributed by atoms with Crippen LogP contribution in [-0.2, 0) is 0 Å². The Labute approximate surface area is 103 Å². The van der Waals surface area contributed by atoms with E-state index in [-0.39, 0.29) is 5.69 Å². The molecular weight excluding hydrogens is 239 g/mol. The number of alkyl halides is 3. The number of rotatable bonds is 2. The number of para-hydroxylation sites is 1. The highest BCUT2D eigenvalue weighted by molar-refractivity contribution is 5.79. The maximum Gasteiger partial charge on any atom is 0.435 e. The van der Waals surface area contributed by atoms with E-state index >= 15 is 0 Å². The van der Waals surface area contributed by atoms with Crippen molar-refractivity contribution in [3.05, 3.63) is 54.6 Å². The van der Waals surface area contributed by atoms with Gasteiger partial charge in [0.05, 0.1) is 5.69 Å².